The quantitative estimate of drug-likeness (QED) is 0.712. The zero-order chi connectivity index (χ0) is 12.0. The van der Waals surface area contributed by atoms with E-state index in [4.69, 9.17) is 11.2 Å². The third-order valence-electron chi connectivity index (χ3n) is 2.24. The summed E-state index contributed by atoms with van der Waals surface area (Å²) in [5.41, 5.74) is 0.924. The Kier molecular flexibility index (Phi) is 4.41. The number of hydrogen-bond acceptors (Lipinski definition) is 2. The molecule has 0 N–H and O–H groups in total. The van der Waals surface area contributed by atoms with Gasteiger partial charge in [-0.2, -0.15) is 0 Å². The van der Waals surface area contributed by atoms with Crippen molar-refractivity contribution in [1.82, 2.24) is 4.90 Å². The molecular formula is C13H15NO2. The summed E-state index contributed by atoms with van der Waals surface area (Å²) in [5.74, 6) is 3.20. The highest BCUT2D eigenvalue weighted by Gasteiger charge is 2.08. The average Bonchev–Trinajstić information content (AvgIpc) is 2.29. The molecule has 1 amide bonds. The molecule has 1 aromatic carbocycles. The molecule has 0 fully saturated rings. The lowest BCUT2D eigenvalue weighted by Crippen LogP contribution is -2.28. The summed E-state index contributed by atoms with van der Waals surface area (Å²) in [6.45, 7) is 0.336. The van der Waals surface area contributed by atoms with Gasteiger partial charge in [-0.25, -0.2) is 0 Å². The van der Waals surface area contributed by atoms with Gasteiger partial charge < -0.3 is 9.64 Å². The van der Waals surface area contributed by atoms with E-state index in [1.807, 2.05) is 24.3 Å². The number of amides is 1. The molecule has 0 spiro atoms. The van der Waals surface area contributed by atoms with Crippen LogP contribution in [-0.4, -0.2) is 31.5 Å². The van der Waals surface area contributed by atoms with Crippen molar-refractivity contribution < 1.29 is 9.53 Å². The second-order valence-corrected chi connectivity index (χ2v) is 3.48. The molecule has 0 aliphatic heterocycles. The molecule has 3 heteroatoms. The van der Waals surface area contributed by atoms with Crippen molar-refractivity contribution in [3.8, 4) is 18.1 Å². The summed E-state index contributed by atoms with van der Waals surface area (Å²) in [7, 11) is 3.30. The molecule has 0 saturated carbocycles. The van der Waals surface area contributed by atoms with Gasteiger partial charge in [-0.15, -0.1) is 6.42 Å². The van der Waals surface area contributed by atoms with Crippen molar-refractivity contribution in [2.45, 2.75) is 6.42 Å². The molecule has 0 bridgehead atoms. The number of nitrogens with zero attached hydrogens (tertiary/aromatic N) is 1. The second kappa shape index (κ2) is 5.82. The van der Waals surface area contributed by atoms with E-state index in [9.17, 15) is 4.79 Å². The molecule has 0 aliphatic carbocycles. The first-order valence-electron chi connectivity index (χ1n) is 4.97. The Hall–Kier alpha value is -1.95. The Bertz CT molecular complexity index is 407. The maximum atomic E-state index is 11.7. The molecule has 0 aliphatic rings. The van der Waals surface area contributed by atoms with E-state index in [2.05, 4.69) is 5.92 Å². The minimum absolute atomic E-state index is 0.00574. The van der Waals surface area contributed by atoms with Crippen LogP contribution in [0.25, 0.3) is 0 Å². The van der Waals surface area contributed by atoms with Crippen molar-refractivity contribution in [3.05, 3.63) is 29.8 Å². The van der Waals surface area contributed by atoms with Gasteiger partial charge in [0.25, 0.3) is 0 Å². The Morgan fingerprint density at radius 1 is 1.56 bits per heavy atom. The summed E-state index contributed by atoms with van der Waals surface area (Å²) < 4.78 is 5.09. The molecule has 1 rings (SSSR count). The van der Waals surface area contributed by atoms with E-state index in [-0.39, 0.29) is 5.91 Å². The van der Waals surface area contributed by atoms with Crippen LogP contribution in [0.2, 0.25) is 0 Å². The van der Waals surface area contributed by atoms with Gasteiger partial charge in [-0.1, -0.05) is 18.1 Å². The van der Waals surface area contributed by atoms with Crippen molar-refractivity contribution in [2.75, 3.05) is 20.7 Å². The smallest absolute Gasteiger partial charge is 0.227 e. The zero-order valence-corrected chi connectivity index (χ0v) is 9.56. The predicted octanol–water partition coefficient (Wildman–Crippen LogP) is 1.33. The minimum atomic E-state index is 0.00574. The molecule has 0 radical (unpaired) electrons. The lowest BCUT2D eigenvalue weighted by atomic mass is 10.1. The highest BCUT2D eigenvalue weighted by molar-refractivity contribution is 5.78. The Morgan fingerprint density at radius 3 is 2.94 bits per heavy atom. The number of likely N-dealkylation sites (N-methyl/N-ethyl adjacent to an activating group) is 1. The van der Waals surface area contributed by atoms with Crippen molar-refractivity contribution in [1.29, 1.82) is 0 Å². The number of ether oxygens (including phenoxy) is 1. The lowest BCUT2D eigenvalue weighted by Gasteiger charge is -2.13. The molecular weight excluding hydrogens is 202 g/mol. The van der Waals surface area contributed by atoms with Crippen molar-refractivity contribution in [3.63, 3.8) is 0 Å². The number of rotatable bonds is 4. The minimum Gasteiger partial charge on any atom is -0.497 e. The maximum Gasteiger partial charge on any atom is 0.227 e. The summed E-state index contributed by atoms with van der Waals surface area (Å²) in [6.07, 6.45) is 5.49. The van der Waals surface area contributed by atoms with Gasteiger partial charge in [0.15, 0.2) is 0 Å². The van der Waals surface area contributed by atoms with Crippen LogP contribution >= 0.6 is 0 Å². The number of carbonyl (C=O) groups is 1. The third kappa shape index (κ3) is 3.32. The van der Waals surface area contributed by atoms with Crippen LogP contribution in [0.1, 0.15) is 5.56 Å². The van der Waals surface area contributed by atoms with Crippen LogP contribution in [0.15, 0.2) is 24.3 Å². The van der Waals surface area contributed by atoms with Gasteiger partial charge in [0.05, 0.1) is 20.1 Å². The molecule has 3 nitrogen and oxygen atoms in total. The summed E-state index contributed by atoms with van der Waals surface area (Å²) in [6, 6.07) is 7.45. The molecule has 0 atom stereocenters. The highest BCUT2D eigenvalue weighted by atomic mass is 16.5. The van der Waals surface area contributed by atoms with Crippen molar-refractivity contribution >= 4 is 5.91 Å². The number of methoxy groups -OCH3 is 1. The zero-order valence-electron chi connectivity index (χ0n) is 9.56. The lowest BCUT2D eigenvalue weighted by molar-refractivity contribution is -0.128. The number of carbonyl (C=O) groups excluding carboxylic acids is 1. The van der Waals surface area contributed by atoms with Gasteiger partial charge in [0, 0.05) is 7.05 Å². The maximum absolute atomic E-state index is 11.7. The Morgan fingerprint density at radius 2 is 2.31 bits per heavy atom. The third-order valence-corrected chi connectivity index (χ3v) is 2.24. The first-order valence-corrected chi connectivity index (χ1v) is 4.97. The van der Waals surface area contributed by atoms with Crippen LogP contribution in [0.3, 0.4) is 0 Å². The molecule has 0 aromatic heterocycles. The van der Waals surface area contributed by atoms with E-state index >= 15 is 0 Å². The first-order chi connectivity index (χ1) is 7.67. The van der Waals surface area contributed by atoms with E-state index in [0.717, 1.165) is 11.3 Å². The highest BCUT2D eigenvalue weighted by Crippen LogP contribution is 2.13. The number of terminal acetylenes is 1. The summed E-state index contributed by atoms with van der Waals surface area (Å²) in [5, 5.41) is 0. The molecule has 1 aromatic rings. The Balaban J connectivity index is 2.66. The standard InChI is InChI=1S/C13H15NO2/c1-4-8-14(2)13(15)10-11-6-5-7-12(9-11)16-3/h1,5-7,9H,8,10H2,2-3H3. The van der Waals surface area contributed by atoms with E-state index in [1.165, 1.54) is 4.90 Å². The normalized spacial score (nSPS) is 9.31. The van der Waals surface area contributed by atoms with Crippen LogP contribution in [-0.2, 0) is 11.2 Å². The molecule has 0 unspecified atom stereocenters. The van der Waals surface area contributed by atoms with E-state index < -0.39 is 0 Å². The molecule has 84 valence electrons. The van der Waals surface area contributed by atoms with Gasteiger partial charge in [-0.05, 0) is 17.7 Å². The van der Waals surface area contributed by atoms with Gasteiger partial charge in [0.2, 0.25) is 5.91 Å². The van der Waals surface area contributed by atoms with E-state index in [1.54, 1.807) is 14.2 Å². The summed E-state index contributed by atoms with van der Waals surface area (Å²) in [4.78, 5) is 13.2. The Labute approximate surface area is 96.0 Å². The topological polar surface area (TPSA) is 29.5 Å². The fraction of sp³-hybridized carbons (Fsp3) is 0.308. The van der Waals surface area contributed by atoms with Gasteiger partial charge >= 0.3 is 0 Å². The average molecular weight is 217 g/mol. The van der Waals surface area contributed by atoms with Gasteiger partial charge in [-0.3, -0.25) is 4.79 Å². The SMILES string of the molecule is C#CCN(C)C(=O)Cc1cccc(OC)c1. The van der Waals surface area contributed by atoms with Crippen LogP contribution in [0.5, 0.6) is 5.75 Å². The summed E-state index contributed by atoms with van der Waals surface area (Å²) >= 11 is 0. The fourth-order valence-corrected chi connectivity index (χ4v) is 1.32. The van der Waals surface area contributed by atoms with Crippen LogP contribution in [0, 0.1) is 12.3 Å². The van der Waals surface area contributed by atoms with Crippen LogP contribution < -0.4 is 4.74 Å². The predicted molar refractivity (Wildman–Crippen MR) is 63.2 cm³/mol. The second-order valence-electron chi connectivity index (χ2n) is 3.48. The number of benzene rings is 1. The van der Waals surface area contributed by atoms with Crippen LogP contribution in [0.4, 0.5) is 0 Å². The molecule has 0 heterocycles. The largest absolute Gasteiger partial charge is 0.497 e. The van der Waals surface area contributed by atoms with E-state index in [0.29, 0.717) is 13.0 Å². The fourth-order valence-electron chi connectivity index (χ4n) is 1.32. The first kappa shape index (κ1) is 12.1. The molecule has 16 heavy (non-hydrogen) atoms. The van der Waals surface area contributed by atoms with Crippen molar-refractivity contribution in [2.24, 2.45) is 0 Å². The molecule has 0 saturated heterocycles. The van der Waals surface area contributed by atoms with Gasteiger partial charge in [0.1, 0.15) is 5.75 Å². The monoisotopic (exact) mass is 217 g/mol. The number of hydrogen-bond donors (Lipinski definition) is 0.